The van der Waals surface area contributed by atoms with Gasteiger partial charge in [0.25, 0.3) is 0 Å². The van der Waals surface area contributed by atoms with E-state index in [-0.39, 0.29) is 30.1 Å². The molecule has 9 heteroatoms. The minimum atomic E-state index is -0.947. The van der Waals surface area contributed by atoms with Crippen molar-refractivity contribution in [3.05, 3.63) is 66.8 Å². The minimum absolute atomic E-state index is 0.0985. The first kappa shape index (κ1) is 34.0. The molecule has 1 aliphatic rings. The Kier molecular flexibility index (Phi) is 13.4. The summed E-state index contributed by atoms with van der Waals surface area (Å²) in [5.74, 6) is -0.415. The van der Waals surface area contributed by atoms with Crippen LogP contribution in [0.3, 0.4) is 0 Å². The van der Waals surface area contributed by atoms with Crippen molar-refractivity contribution in [1.82, 2.24) is 25.9 Å². The third-order valence-corrected chi connectivity index (χ3v) is 8.44. The number of carbonyl (C=O) groups excluding carboxylic acids is 3. The van der Waals surface area contributed by atoms with Crippen LogP contribution in [-0.4, -0.2) is 57.0 Å². The van der Waals surface area contributed by atoms with E-state index in [1.807, 2.05) is 50.3 Å². The van der Waals surface area contributed by atoms with Gasteiger partial charge in [0.1, 0.15) is 12.1 Å². The molecule has 43 heavy (non-hydrogen) atoms. The number of amides is 3. The summed E-state index contributed by atoms with van der Waals surface area (Å²) < 4.78 is 0. The first-order chi connectivity index (χ1) is 20.6. The van der Waals surface area contributed by atoms with Crippen LogP contribution in [0.2, 0.25) is 0 Å². The van der Waals surface area contributed by atoms with Crippen LogP contribution in [-0.2, 0) is 27.2 Å². The molecule has 1 heterocycles. The minimum Gasteiger partial charge on any atom is -0.391 e. The highest BCUT2D eigenvalue weighted by Gasteiger charge is 2.33. The van der Waals surface area contributed by atoms with Crippen LogP contribution >= 0.6 is 0 Å². The van der Waals surface area contributed by atoms with Gasteiger partial charge in [-0.25, -0.2) is 4.98 Å². The predicted octanol–water partition coefficient (Wildman–Crippen LogP) is 4.09. The summed E-state index contributed by atoms with van der Waals surface area (Å²) in [7, 11) is 0. The molecule has 5 N–H and O–H groups in total. The van der Waals surface area contributed by atoms with E-state index < -0.39 is 36.0 Å². The number of carbonyl (C=O) groups is 3. The molecule has 5 atom stereocenters. The van der Waals surface area contributed by atoms with Gasteiger partial charge in [0.15, 0.2) is 0 Å². The molecule has 3 rings (SSSR count). The molecular weight excluding hydrogens is 542 g/mol. The number of hydrogen-bond acceptors (Lipinski definition) is 5. The zero-order valence-electron chi connectivity index (χ0n) is 26.2. The summed E-state index contributed by atoms with van der Waals surface area (Å²) in [4.78, 5) is 47.8. The molecule has 0 unspecified atom stereocenters. The molecule has 1 fully saturated rings. The van der Waals surface area contributed by atoms with Crippen LogP contribution < -0.4 is 16.0 Å². The van der Waals surface area contributed by atoms with Gasteiger partial charge in [-0.1, -0.05) is 76.9 Å². The van der Waals surface area contributed by atoms with Gasteiger partial charge in [0, 0.05) is 30.7 Å². The Morgan fingerprint density at radius 1 is 0.977 bits per heavy atom. The number of nitrogens with zero attached hydrogens (tertiary/aromatic N) is 1. The van der Waals surface area contributed by atoms with E-state index in [9.17, 15) is 19.5 Å². The third-order valence-electron chi connectivity index (χ3n) is 8.44. The number of benzene rings is 1. The summed E-state index contributed by atoms with van der Waals surface area (Å²) in [5.41, 5.74) is 1.59. The highest BCUT2D eigenvalue weighted by Crippen LogP contribution is 2.25. The van der Waals surface area contributed by atoms with Crippen LogP contribution in [0.25, 0.3) is 0 Å². The van der Waals surface area contributed by atoms with E-state index in [2.05, 4.69) is 46.3 Å². The Morgan fingerprint density at radius 2 is 1.63 bits per heavy atom. The topological polar surface area (TPSA) is 136 Å². The highest BCUT2D eigenvalue weighted by atomic mass is 16.3. The number of H-pyrrole nitrogens is 1. The smallest absolute Gasteiger partial charge is 0.243 e. The second-order valence-corrected chi connectivity index (χ2v) is 12.8. The molecule has 1 aliphatic carbocycles. The van der Waals surface area contributed by atoms with Gasteiger partial charge >= 0.3 is 0 Å². The molecule has 1 aromatic heterocycles. The van der Waals surface area contributed by atoms with E-state index in [0.717, 1.165) is 31.2 Å². The highest BCUT2D eigenvalue weighted by molar-refractivity contribution is 5.93. The zero-order chi connectivity index (χ0) is 31.4. The Bertz CT molecular complexity index is 1140. The molecule has 1 saturated carbocycles. The monoisotopic (exact) mass is 593 g/mol. The van der Waals surface area contributed by atoms with E-state index in [0.29, 0.717) is 30.9 Å². The van der Waals surface area contributed by atoms with Crippen molar-refractivity contribution in [2.24, 2.45) is 23.7 Å². The van der Waals surface area contributed by atoms with Gasteiger partial charge in [-0.3, -0.25) is 14.4 Å². The van der Waals surface area contributed by atoms with Gasteiger partial charge in [-0.2, -0.15) is 0 Å². The van der Waals surface area contributed by atoms with Crippen LogP contribution in [0.15, 0.2) is 55.5 Å². The van der Waals surface area contributed by atoms with Gasteiger partial charge in [-0.05, 0) is 49.0 Å². The molecule has 0 spiro atoms. The van der Waals surface area contributed by atoms with Crippen molar-refractivity contribution in [1.29, 1.82) is 0 Å². The van der Waals surface area contributed by atoms with Crippen molar-refractivity contribution < 1.29 is 19.5 Å². The molecule has 3 amide bonds. The van der Waals surface area contributed by atoms with Crippen molar-refractivity contribution in [3.8, 4) is 0 Å². The second kappa shape index (κ2) is 17.0. The number of aromatic amines is 1. The average molecular weight is 594 g/mol. The number of rotatable bonds is 17. The van der Waals surface area contributed by atoms with E-state index in [1.165, 1.54) is 6.33 Å². The van der Waals surface area contributed by atoms with Crippen molar-refractivity contribution >= 4 is 17.7 Å². The number of aromatic nitrogens is 2. The standard InChI is InChI=1S/C34H51N5O4/c1-6-25(23(4)5)18-31(40)28(16-22(2)3)37-34(43)30(19-27-20-35-21-36-27)39-33(42)29(17-24-12-8-7-9-13-24)38-32(41)26-14-10-11-15-26/h6-9,12-13,20-23,25-26,28-31,40H,1,10-11,14-19H2,2-5H3,(H,35,36)(H,37,43)(H,38,41)(H,39,42)/t25-,28-,29-,30-,31-/m0/s1. The Labute approximate surface area is 256 Å². The fourth-order valence-corrected chi connectivity index (χ4v) is 5.82. The van der Waals surface area contributed by atoms with Crippen molar-refractivity contribution in [2.45, 2.75) is 103 Å². The summed E-state index contributed by atoms with van der Waals surface area (Å²) in [6.45, 7) is 12.2. The Hall–Kier alpha value is -3.46. The Morgan fingerprint density at radius 3 is 2.21 bits per heavy atom. The lowest BCUT2D eigenvalue weighted by Crippen LogP contribution is -2.57. The molecule has 0 saturated heterocycles. The van der Waals surface area contributed by atoms with Crippen LogP contribution in [0.5, 0.6) is 0 Å². The molecule has 2 aromatic rings. The molecule has 1 aromatic carbocycles. The average Bonchev–Trinajstić information content (AvgIpc) is 3.70. The van der Waals surface area contributed by atoms with E-state index in [1.54, 1.807) is 6.20 Å². The molecule has 0 aliphatic heterocycles. The second-order valence-electron chi connectivity index (χ2n) is 12.8. The molecule has 0 radical (unpaired) electrons. The maximum atomic E-state index is 13.8. The summed E-state index contributed by atoms with van der Waals surface area (Å²) >= 11 is 0. The normalized spacial score (nSPS) is 17.2. The van der Waals surface area contributed by atoms with Gasteiger partial charge in [0.2, 0.25) is 17.7 Å². The summed E-state index contributed by atoms with van der Waals surface area (Å²) in [6, 6.07) is 7.24. The van der Waals surface area contributed by atoms with Crippen molar-refractivity contribution in [3.63, 3.8) is 0 Å². The lowest BCUT2D eigenvalue weighted by molar-refractivity contribution is -0.133. The fourth-order valence-electron chi connectivity index (χ4n) is 5.82. The lowest BCUT2D eigenvalue weighted by Gasteiger charge is -2.31. The largest absolute Gasteiger partial charge is 0.391 e. The van der Waals surface area contributed by atoms with Crippen LogP contribution in [0, 0.1) is 23.7 Å². The predicted molar refractivity (Wildman–Crippen MR) is 169 cm³/mol. The number of hydrogen-bond donors (Lipinski definition) is 5. The lowest BCUT2D eigenvalue weighted by atomic mass is 9.86. The zero-order valence-corrected chi connectivity index (χ0v) is 26.2. The van der Waals surface area contributed by atoms with Gasteiger partial charge in [-0.15, -0.1) is 6.58 Å². The molecule has 236 valence electrons. The number of nitrogens with one attached hydrogen (secondary N) is 4. The quantitative estimate of drug-likeness (QED) is 0.176. The molecular formula is C34H51N5O4. The van der Waals surface area contributed by atoms with E-state index >= 15 is 0 Å². The maximum absolute atomic E-state index is 13.8. The first-order valence-corrected chi connectivity index (χ1v) is 15.8. The van der Waals surface area contributed by atoms with Crippen LogP contribution in [0.1, 0.15) is 77.5 Å². The van der Waals surface area contributed by atoms with Gasteiger partial charge in [0.05, 0.1) is 18.5 Å². The van der Waals surface area contributed by atoms with Crippen LogP contribution in [0.4, 0.5) is 0 Å². The number of allylic oxidation sites excluding steroid dienone is 1. The first-order valence-electron chi connectivity index (χ1n) is 15.8. The SMILES string of the molecule is C=C[C@@H](C[C@H](O)[C@H](CC(C)C)NC(=O)[C@H](Cc1cnc[nH]1)NC(=O)[C@H](Cc1ccccc1)NC(=O)C1CCCC1)C(C)C. The number of imidazole rings is 1. The summed E-state index contributed by atoms with van der Waals surface area (Å²) in [6.07, 6.45) is 9.41. The van der Waals surface area contributed by atoms with E-state index in [4.69, 9.17) is 0 Å². The maximum Gasteiger partial charge on any atom is 0.243 e. The Balaban J connectivity index is 1.81. The van der Waals surface area contributed by atoms with Crippen molar-refractivity contribution in [2.75, 3.05) is 0 Å². The fraction of sp³-hybridized carbons (Fsp3) is 0.588. The molecule has 0 bridgehead atoms. The molecule has 9 nitrogen and oxygen atoms in total. The number of aliphatic hydroxyl groups is 1. The summed E-state index contributed by atoms with van der Waals surface area (Å²) in [5, 5.41) is 20.2. The number of aliphatic hydroxyl groups excluding tert-OH is 1. The van der Waals surface area contributed by atoms with Gasteiger partial charge < -0.3 is 26.0 Å². The third kappa shape index (κ3) is 11.0.